The number of rotatable bonds is 13. The van der Waals surface area contributed by atoms with Crippen molar-refractivity contribution in [3.63, 3.8) is 0 Å². The molecule has 0 saturated carbocycles. The second-order valence-electron chi connectivity index (χ2n) is 10.5. The van der Waals surface area contributed by atoms with Crippen molar-refractivity contribution in [3.8, 4) is 11.5 Å². The maximum absolute atomic E-state index is 13.2. The second kappa shape index (κ2) is 14.6. The summed E-state index contributed by atoms with van der Waals surface area (Å²) >= 11 is 0. The Balaban J connectivity index is 1.51. The summed E-state index contributed by atoms with van der Waals surface area (Å²) in [6, 6.07) is 13.0. The van der Waals surface area contributed by atoms with Crippen LogP contribution in [0.4, 0.5) is 27.6 Å². The summed E-state index contributed by atoms with van der Waals surface area (Å²) in [6.45, 7) is -2.21. The van der Waals surface area contributed by atoms with E-state index in [4.69, 9.17) is 9.47 Å². The van der Waals surface area contributed by atoms with Crippen molar-refractivity contribution in [2.75, 3.05) is 37.5 Å². The van der Waals surface area contributed by atoms with Crippen molar-refractivity contribution < 1.29 is 54.5 Å². The Hall–Kier alpha value is -3.95. The van der Waals surface area contributed by atoms with Crippen LogP contribution in [0.25, 0.3) is 0 Å². The number of amides is 1. The first-order valence-corrected chi connectivity index (χ1v) is 15.8. The van der Waals surface area contributed by atoms with Gasteiger partial charge in [0.15, 0.2) is 9.84 Å². The number of sulfone groups is 1. The van der Waals surface area contributed by atoms with Gasteiger partial charge in [-0.2, -0.15) is 22.0 Å². The Labute approximate surface area is 262 Å². The fourth-order valence-corrected chi connectivity index (χ4v) is 6.00. The monoisotopic (exact) mass is 672 g/mol. The topological polar surface area (TPSA) is 114 Å². The van der Waals surface area contributed by atoms with Gasteiger partial charge in [0.1, 0.15) is 17.6 Å². The Morgan fingerprint density at radius 1 is 1.07 bits per heavy atom. The molecule has 2 N–H and O–H groups in total. The smallest absolute Gasteiger partial charge is 0.416 e. The molecular formula is C31H33F5N2O7S. The number of hydrogen-bond acceptors (Lipinski definition) is 8. The Morgan fingerprint density at radius 3 is 2.30 bits per heavy atom. The van der Waals surface area contributed by atoms with Gasteiger partial charge in [-0.25, -0.2) is 8.42 Å². The molecule has 0 unspecified atom stereocenters. The van der Waals surface area contributed by atoms with E-state index in [2.05, 4.69) is 10.1 Å². The predicted octanol–water partition coefficient (Wildman–Crippen LogP) is 5.24. The van der Waals surface area contributed by atoms with Crippen LogP contribution < -0.4 is 19.7 Å². The average Bonchev–Trinajstić information content (AvgIpc) is 3.44. The molecule has 0 aromatic heterocycles. The van der Waals surface area contributed by atoms with Crippen molar-refractivity contribution >= 4 is 21.4 Å². The zero-order valence-corrected chi connectivity index (χ0v) is 25.7. The number of carbonyl (C=O) groups excluding carboxylic acids is 1. The van der Waals surface area contributed by atoms with Crippen LogP contribution in [-0.2, 0) is 20.8 Å². The Morgan fingerprint density at radius 2 is 1.74 bits per heavy atom. The van der Waals surface area contributed by atoms with Gasteiger partial charge in [-0.15, -0.1) is 0 Å². The fraction of sp³-hybridized carbons (Fsp3) is 0.387. The molecule has 3 atom stereocenters. The number of hydrogen-bond donors (Lipinski definition) is 2. The van der Waals surface area contributed by atoms with Gasteiger partial charge in [0.25, 0.3) is 5.91 Å². The molecule has 3 aromatic carbocycles. The van der Waals surface area contributed by atoms with Crippen LogP contribution in [0.3, 0.4) is 0 Å². The number of nitrogens with one attached hydrogen (secondary N) is 1. The lowest BCUT2D eigenvalue weighted by Gasteiger charge is -2.28. The lowest BCUT2D eigenvalue weighted by Crippen LogP contribution is -2.34. The third kappa shape index (κ3) is 8.44. The van der Waals surface area contributed by atoms with E-state index in [9.17, 15) is 40.3 Å². The zero-order valence-electron chi connectivity index (χ0n) is 24.8. The minimum Gasteiger partial charge on any atom is -0.495 e. The lowest BCUT2D eigenvalue weighted by molar-refractivity contribution is -0.137. The molecule has 9 nitrogen and oxygen atoms in total. The first kappa shape index (κ1) is 34.9. The number of benzene rings is 3. The van der Waals surface area contributed by atoms with Gasteiger partial charge in [0.05, 0.1) is 60.9 Å². The van der Waals surface area contributed by atoms with Crippen molar-refractivity contribution in [1.82, 2.24) is 5.32 Å². The van der Waals surface area contributed by atoms with Crippen LogP contribution in [0.5, 0.6) is 11.5 Å². The third-order valence-corrected chi connectivity index (χ3v) is 9.29. The van der Waals surface area contributed by atoms with Crippen LogP contribution in [0.15, 0.2) is 71.6 Å². The molecule has 1 saturated heterocycles. The summed E-state index contributed by atoms with van der Waals surface area (Å²) in [5, 5.41) is 12.6. The molecule has 1 amide bonds. The van der Waals surface area contributed by atoms with E-state index in [-0.39, 0.29) is 47.3 Å². The van der Waals surface area contributed by atoms with Crippen molar-refractivity contribution in [2.24, 2.45) is 0 Å². The number of carbonyl (C=O) groups is 1. The zero-order chi connectivity index (χ0) is 33.6. The molecule has 1 heterocycles. The summed E-state index contributed by atoms with van der Waals surface area (Å²) in [5.41, 5.74) is 0.233. The molecule has 4 rings (SSSR count). The van der Waals surface area contributed by atoms with Crippen molar-refractivity contribution in [3.05, 3.63) is 83.4 Å². The van der Waals surface area contributed by atoms with E-state index in [1.807, 2.05) is 0 Å². The average molecular weight is 673 g/mol. The number of anilines is 1. The molecule has 250 valence electrons. The SMILES string of the molecule is CCS(=O)(=O)c1ccc([C@H](CO)NC(=O)c2ccc(N3C[C@@H](Oc4ccc(C(F)(F)F)cc4)C[C@H]3COC(F)F)c(OC)c2)cc1. The number of alkyl halides is 5. The molecule has 3 aromatic rings. The minimum atomic E-state index is -4.51. The van der Waals surface area contributed by atoms with E-state index >= 15 is 0 Å². The van der Waals surface area contributed by atoms with E-state index in [0.29, 0.717) is 11.3 Å². The van der Waals surface area contributed by atoms with E-state index in [0.717, 1.165) is 12.1 Å². The van der Waals surface area contributed by atoms with Crippen LogP contribution in [0, 0.1) is 0 Å². The molecule has 1 fully saturated rings. The highest BCUT2D eigenvalue weighted by atomic mass is 32.2. The molecule has 1 aliphatic rings. The summed E-state index contributed by atoms with van der Waals surface area (Å²) < 4.78 is 105. The van der Waals surface area contributed by atoms with Gasteiger partial charge in [-0.05, 0) is 60.2 Å². The molecule has 15 heteroatoms. The quantitative estimate of drug-likeness (QED) is 0.237. The van der Waals surface area contributed by atoms with Crippen molar-refractivity contribution in [2.45, 2.75) is 49.2 Å². The van der Waals surface area contributed by atoms with Crippen LogP contribution >= 0.6 is 0 Å². The fourth-order valence-electron chi connectivity index (χ4n) is 5.12. The highest BCUT2D eigenvalue weighted by molar-refractivity contribution is 7.91. The summed E-state index contributed by atoms with van der Waals surface area (Å²) in [6.07, 6.45) is -4.90. The van der Waals surface area contributed by atoms with E-state index in [1.165, 1.54) is 62.6 Å². The maximum Gasteiger partial charge on any atom is 0.416 e. The normalized spacial score (nSPS) is 17.6. The molecule has 0 radical (unpaired) electrons. The number of halogens is 5. The lowest BCUT2D eigenvalue weighted by atomic mass is 10.1. The molecule has 0 aliphatic carbocycles. The largest absolute Gasteiger partial charge is 0.495 e. The number of methoxy groups -OCH3 is 1. The standard InChI is InChI=1S/C31H33F5N2O7S/c1-3-46(41,42)25-11-4-19(5-12-25)26(17-39)37-29(40)20-6-13-27(28(14-20)43-2)38-16-24(15-22(38)18-44-30(32)33)45-23-9-7-21(8-10-23)31(34,35)36/h4-14,22,24,26,30,39H,3,15-18H2,1-2H3,(H,37,40)/t22-,24-,26-/m0/s1. The number of aliphatic hydroxyl groups is 1. The van der Waals surface area contributed by atoms with Gasteiger partial charge >= 0.3 is 12.8 Å². The van der Waals surface area contributed by atoms with Gasteiger partial charge in [-0.1, -0.05) is 19.1 Å². The predicted molar refractivity (Wildman–Crippen MR) is 158 cm³/mol. The number of nitrogens with zero attached hydrogens (tertiary/aromatic N) is 1. The summed E-state index contributed by atoms with van der Waals surface area (Å²) in [4.78, 5) is 15.0. The van der Waals surface area contributed by atoms with Gasteiger partial charge in [-0.3, -0.25) is 4.79 Å². The van der Waals surface area contributed by atoms with Gasteiger partial charge < -0.3 is 29.5 Å². The molecule has 0 spiro atoms. The van der Waals surface area contributed by atoms with Gasteiger partial charge in [0.2, 0.25) is 0 Å². The van der Waals surface area contributed by atoms with Gasteiger partial charge in [0, 0.05) is 12.0 Å². The number of aliphatic hydroxyl groups excluding tert-OH is 1. The maximum atomic E-state index is 13.2. The molecule has 46 heavy (non-hydrogen) atoms. The summed E-state index contributed by atoms with van der Waals surface area (Å²) in [5.74, 6) is -0.252. The molecule has 1 aliphatic heterocycles. The second-order valence-corrected chi connectivity index (χ2v) is 12.7. The highest BCUT2D eigenvalue weighted by Crippen LogP contribution is 2.37. The number of ether oxygens (including phenoxy) is 3. The van der Waals surface area contributed by atoms with E-state index in [1.54, 1.807) is 11.0 Å². The first-order chi connectivity index (χ1) is 21.7. The van der Waals surface area contributed by atoms with Crippen LogP contribution in [0.1, 0.15) is 40.9 Å². The molecular weight excluding hydrogens is 639 g/mol. The first-order valence-electron chi connectivity index (χ1n) is 14.2. The van der Waals surface area contributed by atoms with Crippen LogP contribution in [-0.4, -0.2) is 70.8 Å². The minimum absolute atomic E-state index is 0.0748. The summed E-state index contributed by atoms with van der Waals surface area (Å²) in [7, 11) is -2.07. The third-order valence-electron chi connectivity index (χ3n) is 7.54. The van der Waals surface area contributed by atoms with E-state index < -0.39 is 58.9 Å². The Bertz CT molecular complexity index is 1590. The molecule has 0 bridgehead atoms. The van der Waals surface area contributed by atoms with Crippen LogP contribution in [0.2, 0.25) is 0 Å². The highest BCUT2D eigenvalue weighted by Gasteiger charge is 2.36. The van der Waals surface area contributed by atoms with Crippen molar-refractivity contribution in [1.29, 1.82) is 0 Å². The Kier molecular flexibility index (Phi) is 11.1.